The first-order chi connectivity index (χ1) is 7.31. The lowest BCUT2D eigenvalue weighted by Crippen LogP contribution is -2.04. The van der Waals surface area contributed by atoms with Crippen molar-refractivity contribution < 1.29 is 0 Å². The van der Waals surface area contributed by atoms with Crippen molar-refractivity contribution in [1.82, 2.24) is 0 Å². The Balaban J connectivity index is 2.18. The Labute approximate surface area is 100 Å². The number of hydrogen-bond acceptors (Lipinski definition) is 2. The molecule has 82 valence electrons. The van der Waals surface area contributed by atoms with Gasteiger partial charge in [0.15, 0.2) is 0 Å². The molecule has 0 aliphatic carbocycles. The van der Waals surface area contributed by atoms with Crippen molar-refractivity contribution in [3.63, 3.8) is 0 Å². The Bertz CT molecular complexity index is 334. The molecule has 0 radical (unpaired) electrons. The van der Waals surface area contributed by atoms with Crippen LogP contribution in [0.5, 0.6) is 0 Å². The van der Waals surface area contributed by atoms with Crippen molar-refractivity contribution in [3.8, 4) is 0 Å². The monoisotopic (exact) mass is 241 g/mol. The Morgan fingerprint density at radius 1 is 1.47 bits per heavy atom. The molecular formula is C12H16ClNS. The van der Waals surface area contributed by atoms with Crippen LogP contribution in [0.4, 0.5) is 0 Å². The van der Waals surface area contributed by atoms with Gasteiger partial charge in [-0.25, -0.2) is 0 Å². The minimum absolute atomic E-state index is 0.662. The average Bonchev–Trinajstić information content (AvgIpc) is 2.71. The summed E-state index contributed by atoms with van der Waals surface area (Å²) >= 11 is 8.32. The van der Waals surface area contributed by atoms with Crippen LogP contribution in [0, 0.1) is 0 Å². The summed E-state index contributed by atoms with van der Waals surface area (Å²) in [5, 5.41) is 0.924. The van der Waals surface area contributed by atoms with Crippen molar-refractivity contribution in [2.24, 2.45) is 5.73 Å². The molecule has 1 aliphatic rings. The number of hydrogen-bond donors (Lipinski definition) is 1. The van der Waals surface area contributed by atoms with Crippen LogP contribution in [-0.2, 0) is 6.42 Å². The largest absolute Gasteiger partial charge is 0.330 e. The van der Waals surface area contributed by atoms with Gasteiger partial charge in [-0.05, 0) is 48.3 Å². The minimum Gasteiger partial charge on any atom is -0.330 e. The number of benzene rings is 1. The van der Waals surface area contributed by atoms with Crippen LogP contribution in [0.2, 0.25) is 5.02 Å². The van der Waals surface area contributed by atoms with Crippen LogP contribution >= 0.6 is 23.4 Å². The molecule has 2 rings (SSSR count). The third-order valence-corrected chi connectivity index (χ3v) is 4.36. The van der Waals surface area contributed by atoms with E-state index in [0.29, 0.717) is 12.5 Å². The van der Waals surface area contributed by atoms with E-state index in [0.717, 1.165) is 11.4 Å². The summed E-state index contributed by atoms with van der Waals surface area (Å²) in [6.45, 7) is 0.689. The maximum Gasteiger partial charge on any atom is 0.0443 e. The highest BCUT2D eigenvalue weighted by Crippen LogP contribution is 2.36. The Morgan fingerprint density at radius 2 is 2.33 bits per heavy atom. The van der Waals surface area contributed by atoms with Gasteiger partial charge < -0.3 is 5.73 Å². The van der Waals surface area contributed by atoms with Crippen LogP contribution in [0.25, 0.3) is 0 Å². The van der Waals surface area contributed by atoms with E-state index < -0.39 is 0 Å². The lowest BCUT2D eigenvalue weighted by Gasteiger charge is -2.12. The van der Waals surface area contributed by atoms with Crippen LogP contribution in [-0.4, -0.2) is 18.1 Å². The molecule has 2 N–H and O–H groups in total. The fourth-order valence-electron chi connectivity index (χ4n) is 2.00. The molecule has 1 aliphatic heterocycles. The second kappa shape index (κ2) is 5.24. The van der Waals surface area contributed by atoms with Crippen molar-refractivity contribution in [1.29, 1.82) is 0 Å². The normalized spacial score (nSPS) is 20.8. The molecule has 1 nitrogen and oxygen atoms in total. The summed E-state index contributed by atoms with van der Waals surface area (Å²) in [5.41, 5.74) is 8.09. The second-order valence-electron chi connectivity index (χ2n) is 3.96. The van der Waals surface area contributed by atoms with Gasteiger partial charge in [0, 0.05) is 10.8 Å². The van der Waals surface area contributed by atoms with Crippen molar-refractivity contribution >= 4 is 23.4 Å². The first kappa shape index (κ1) is 11.3. The van der Waals surface area contributed by atoms with Gasteiger partial charge in [-0.15, -0.1) is 0 Å². The van der Waals surface area contributed by atoms with Gasteiger partial charge in [0.2, 0.25) is 0 Å². The number of nitrogens with two attached hydrogens (primary N) is 1. The fraction of sp³-hybridized carbons (Fsp3) is 0.500. The topological polar surface area (TPSA) is 26.0 Å². The van der Waals surface area contributed by atoms with Crippen LogP contribution < -0.4 is 5.73 Å². The number of halogens is 1. The van der Waals surface area contributed by atoms with Crippen LogP contribution in [0.15, 0.2) is 18.2 Å². The van der Waals surface area contributed by atoms with Crippen LogP contribution in [0.3, 0.4) is 0 Å². The number of thioether (sulfide) groups is 1. The van der Waals surface area contributed by atoms with Gasteiger partial charge in [-0.1, -0.05) is 23.7 Å². The predicted octanol–water partition coefficient (Wildman–Crippen LogP) is 3.06. The maximum atomic E-state index is 6.30. The fourth-order valence-corrected chi connectivity index (χ4v) is 3.61. The summed E-state index contributed by atoms with van der Waals surface area (Å²) in [6, 6.07) is 6.42. The molecule has 1 saturated heterocycles. The average molecular weight is 242 g/mol. The molecule has 15 heavy (non-hydrogen) atoms. The highest BCUT2D eigenvalue weighted by Gasteiger charge is 2.19. The zero-order valence-corrected chi connectivity index (χ0v) is 10.3. The number of rotatable bonds is 3. The minimum atomic E-state index is 0.662. The summed E-state index contributed by atoms with van der Waals surface area (Å²) in [6.07, 6.45) is 2.18. The van der Waals surface area contributed by atoms with Crippen molar-refractivity contribution in [2.75, 3.05) is 18.1 Å². The standard InChI is InChI=1S/C12H16ClNS/c13-12-7-9(3-5-14)1-2-11(12)10-4-6-15-8-10/h1-2,7,10H,3-6,8,14H2. The second-order valence-corrected chi connectivity index (χ2v) is 5.51. The van der Waals surface area contributed by atoms with E-state index >= 15 is 0 Å². The molecule has 0 bridgehead atoms. The SMILES string of the molecule is NCCc1ccc(C2CCSC2)c(Cl)c1. The quantitative estimate of drug-likeness (QED) is 0.880. The van der Waals surface area contributed by atoms with E-state index in [1.807, 2.05) is 11.8 Å². The van der Waals surface area contributed by atoms with Crippen molar-refractivity contribution in [2.45, 2.75) is 18.8 Å². The molecule has 1 aromatic rings. The summed E-state index contributed by atoms with van der Waals surface area (Å²) in [5.74, 6) is 3.15. The first-order valence-corrected chi connectivity index (χ1v) is 6.90. The molecule has 1 fully saturated rings. The Hall–Kier alpha value is -0.180. The molecule has 1 aromatic carbocycles. The van der Waals surface area contributed by atoms with Gasteiger partial charge in [-0.2, -0.15) is 11.8 Å². The van der Waals surface area contributed by atoms with E-state index in [4.69, 9.17) is 17.3 Å². The molecule has 0 amide bonds. The van der Waals surface area contributed by atoms with Gasteiger partial charge in [0.05, 0.1) is 0 Å². The van der Waals surface area contributed by atoms with E-state index in [1.54, 1.807) is 0 Å². The highest BCUT2D eigenvalue weighted by molar-refractivity contribution is 7.99. The lowest BCUT2D eigenvalue weighted by molar-refractivity contribution is 0.781. The van der Waals surface area contributed by atoms with Gasteiger partial charge in [0.25, 0.3) is 0 Å². The lowest BCUT2D eigenvalue weighted by atomic mass is 9.97. The third kappa shape index (κ3) is 2.68. The predicted molar refractivity (Wildman–Crippen MR) is 68.9 cm³/mol. The molecule has 0 spiro atoms. The summed E-state index contributed by atoms with van der Waals surface area (Å²) < 4.78 is 0. The van der Waals surface area contributed by atoms with Gasteiger partial charge in [-0.3, -0.25) is 0 Å². The smallest absolute Gasteiger partial charge is 0.0443 e. The van der Waals surface area contributed by atoms with E-state index in [1.165, 1.54) is 29.1 Å². The summed E-state index contributed by atoms with van der Waals surface area (Å²) in [7, 11) is 0. The molecule has 0 aromatic heterocycles. The van der Waals surface area contributed by atoms with E-state index in [-0.39, 0.29) is 0 Å². The van der Waals surface area contributed by atoms with Gasteiger partial charge >= 0.3 is 0 Å². The molecule has 3 heteroatoms. The molecule has 1 unspecified atom stereocenters. The Kier molecular flexibility index (Phi) is 3.95. The molecule has 1 atom stereocenters. The molecular weight excluding hydrogens is 226 g/mol. The maximum absolute atomic E-state index is 6.30. The molecule has 0 saturated carbocycles. The summed E-state index contributed by atoms with van der Waals surface area (Å²) in [4.78, 5) is 0. The Morgan fingerprint density at radius 3 is 2.93 bits per heavy atom. The zero-order valence-electron chi connectivity index (χ0n) is 8.71. The van der Waals surface area contributed by atoms with Crippen molar-refractivity contribution in [3.05, 3.63) is 34.3 Å². The van der Waals surface area contributed by atoms with Gasteiger partial charge in [0.1, 0.15) is 0 Å². The zero-order chi connectivity index (χ0) is 10.7. The molecule has 1 heterocycles. The van der Waals surface area contributed by atoms with E-state index in [9.17, 15) is 0 Å². The first-order valence-electron chi connectivity index (χ1n) is 5.37. The third-order valence-electron chi connectivity index (χ3n) is 2.87. The highest BCUT2D eigenvalue weighted by atomic mass is 35.5. The van der Waals surface area contributed by atoms with E-state index in [2.05, 4.69) is 18.2 Å². The van der Waals surface area contributed by atoms with Crippen LogP contribution in [0.1, 0.15) is 23.5 Å².